The summed E-state index contributed by atoms with van der Waals surface area (Å²) in [6.07, 6.45) is 0.724. The molecule has 1 rings (SSSR count). The van der Waals surface area contributed by atoms with E-state index < -0.39 is 11.4 Å². The van der Waals surface area contributed by atoms with Crippen LogP contribution in [-0.4, -0.2) is 23.0 Å². The molecule has 1 amide bonds. The summed E-state index contributed by atoms with van der Waals surface area (Å²) in [6.45, 7) is 5.02. The Labute approximate surface area is 113 Å². The molecule has 1 aromatic rings. The van der Waals surface area contributed by atoms with Gasteiger partial charge in [-0.05, 0) is 32.8 Å². The third-order valence-electron chi connectivity index (χ3n) is 2.97. The van der Waals surface area contributed by atoms with Gasteiger partial charge in [0.15, 0.2) is 0 Å². The number of aliphatic carboxylic acids is 1. The Morgan fingerprint density at radius 2 is 1.84 bits per heavy atom. The molecular weight excluding hydrogens is 242 g/mol. The Bertz CT molecular complexity index is 440. The van der Waals surface area contributed by atoms with Gasteiger partial charge >= 0.3 is 5.97 Å². The van der Waals surface area contributed by atoms with Gasteiger partial charge in [-0.2, -0.15) is 0 Å². The minimum absolute atomic E-state index is 0.0124. The molecule has 0 aliphatic heterocycles. The molecule has 0 saturated heterocycles. The van der Waals surface area contributed by atoms with Crippen LogP contribution in [0, 0.1) is 5.41 Å². The molecule has 4 heteroatoms. The number of carbonyl (C=O) groups is 2. The summed E-state index contributed by atoms with van der Waals surface area (Å²) in [5.74, 6) is -1.19. The Hall–Kier alpha value is -1.84. The van der Waals surface area contributed by atoms with Crippen LogP contribution in [0.5, 0.6) is 0 Å². The number of amides is 1. The normalized spacial score (nSPS) is 12.8. The zero-order valence-electron chi connectivity index (χ0n) is 11.6. The maximum atomic E-state index is 11.8. The van der Waals surface area contributed by atoms with Gasteiger partial charge in [0.05, 0.1) is 5.41 Å². The molecule has 4 nitrogen and oxygen atoms in total. The fraction of sp³-hybridized carbons (Fsp3) is 0.467. The minimum atomic E-state index is -1.03. The molecule has 0 radical (unpaired) electrons. The lowest BCUT2D eigenvalue weighted by atomic mass is 9.89. The van der Waals surface area contributed by atoms with Crippen LogP contribution in [0.15, 0.2) is 30.3 Å². The summed E-state index contributed by atoms with van der Waals surface area (Å²) in [6, 6.07) is 9.85. The van der Waals surface area contributed by atoms with Crippen LogP contribution in [0.25, 0.3) is 0 Å². The molecular formula is C15H21NO3. The van der Waals surface area contributed by atoms with Crippen LogP contribution >= 0.6 is 0 Å². The highest BCUT2D eigenvalue weighted by Gasteiger charge is 2.30. The molecule has 1 aromatic carbocycles. The predicted molar refractivity (Wildman–Crippen MR) is 73.8 cm³/mol. The lowest BCUT2D eigenvalue weighted by Crippen LogP contribution is -2.38. The standard InChI is InChI=1S/C15H21NO3/c1-11(9-12-7-5-4-6-8-12)16-13(17)10-15(2,3)14(18)19/h4-8,11H,9-10H2,1-3H3,(H,16,17)(H,18,19). The van der Waals surface area contributed by atoms with Gasteiger partial charge in [-0.1, -0.05) is 30.3 Å². The quantitative estimate of drug-likeness (QED) is 0.827. The van der Waals surface area contributed by atoms with E-state index in [1.807, 2.05) is 37.3 Å². The molecule has 0 aliphatic carbocycles. The number of carboxylic acid groups (broad SMARTS) is 1. The number of benzene rings is 1. The number of carboxylic acids is 1. The van der Waals surface area contributed by atoms with Crippen molar-refractivity contribution in [2.45, 2.75) is 39.7 Å². The Morgan fingerprint density at radius 1 is 1.26 bits per heavy atom. The van der Waals surface area contributed by atoms with Crippen LogP contribution < -0.4 is 5.32 Å². The number of hydrogen-bond acceptors (Lipinski definition) is 2. The second-order valence-electron chi connectivity index (χ2n) is 5.52. The Kier molecular flexibility index (Phi) is 5.10. The summed E-state index contributed by atoms with van der Waals surface area (Å²) in [4.78, 5) is 22.7. The SMILES string of the molecule is CC(Cc1ccccc1)NC(=O)CC(C)(C)C(=O)O. The van der Waals surface area contributed by atoms with Crippen molar-refractivity contribution in [1.29, 1.82) is 0 Å². The molecule has 104 valence electrons. The molecule has 0 aromatic heterocycles. The molecule has 0 heterocycles. The van der Waals surface area contributed by atoms with Crippen LogP contribution in [0.2, 0.25) is 0 Å². The summed E-state index contributed by atoms with van der Waals surface area (Å²) >= 11 is 0. The number of nitrogens with one attached hydrogen (secondary N) is 1. The first kappa shape index (κ1) is 15.2. The molecule has 2 N–H and O–H groups in total. The largest absolute Gasteiger partial charge is 0.481 e. The highest BCUT2D eigenvalue weighted by molar-refractivity contribution is 5.84. The van der Waals surface area contributed by atoms with Gasteiger partial charge in [-0.15, -0.1) is 0 Å². The average Bonchev–Trinajstić information content (AvgIpc) is 2.28. The molecule has 1 atom stereocenters. The van der Waals surface area contributed by atoms with Crippen molar-refractivity contribution < 1.29 is 14.7 Å². The third kappa shape index (κ3) is 5.12. The van der Waals surface area contributed by atoms with E-state index in [9.17, 15) is 9.59 Å². The number of carbonyl (C=O) groups excluding carboxylic acids is 1. The average molecular weight is 263 g/mol. The molecule has 0 spiro atoms. The monoisotopic (exact) mass is 263 g/mol. The van der Waals surface area contributed by atoms with Crippen molar-refractivity contribution >= 4 is 11.9 Å². The first-order valence-electron chi connectivity index (χ1n) is 6.38. The van der Waals surface area contributed by atoms with Crippen molar-refractivity contribution in [2.24, 2.45) is 5.41 Å². The fourth-order valence-corrected chi connectivity index (χ4v) is 1.82. The Morgan fingerprint density at radius 3 is 2.37 bits per heavy atom. The van der Waals surface area contributed by atoms with Gasteiger partial charge in [0.2, 0.25) is 5.91 Å². The zero-order valence-corrected chi connectivity index (χ0v) is 11.6. The van der Waals surface area contributed by atoms with Crippen LogP contribution in [0.1, 0.15) is 32.8 Å². The van der Waals surface area contributed by atoms with E-state index in [0.717, 1.165) is 12.0 Å². The van der Waals surface area contributed by atoms with E-state index in [1.54, 1.807) is 13.8 Å². The summed E-state index contributed by atoms with van der Waals surface area (Å²) < 4.78 is 0. The maximum absolute atomic E-state index is 11.8. The van der Waals surface area contributed by atoms with Gasteiger partial charge < -0.3 is 10.4 Å². The van der Waals surface area contributed by atoms with Crippen molar-refractivity contribution in [1.82, 2.24) is 5.32 Å². The zero-order chi connectivity index (χ0) is 14.5. The lowest BCUT2D eigenvalue weighted by Gasteiger charge is -2.20. The van der Waals surface area contributed by atoms with Crippen molar-refractivity contribution in [3.63, 3.8) is 0 Å². The minimum Gasteiger partial charge on any atom is -0.481 e. The fourth-order valence-electron chi connectivity index (χ4n) is 1.82. The van der Waals surface area contributed by atoms with Crippen molar-refractivity contribution in [2.75, 3.05) is 0 Å². The molecule has 0 bridgehead atoms. The third-order valence-corrected chi connectivity index (χ3v) is 2.97. The highest BCUT2D eigenvalue weighted by atomic mass is 16.4. The molecule has 0 saturated carbocycles. The van der Waals surface area contributed by atoms with E-state index in [-0.39, 0.29) is 18.4 Å². The topological polar surface area (TPSA) is 66.4 Å². The van der Waals surface area contributed by atoms with Gasteiger partial charge in [0.25, 0.3) is 0 Å². The van der Waals surface area contributed by atoms with Crippen LogP contribution in [0.3, 0.4) is 0 Å². The first-order valence-corrected chi connectivity index (χ1v) is 6.38. The predicted octanol–water partition coefficient (Wildman–Crippen LogP) is 2.23. The van der Waals surface area contributed by atoms with Crippen molar-refractivity contribution in [3.8, 4) is 0 Å². The van der Waals surface area contributed by atoms with E-state index in [0.29, 0.717) is 0 Å². The molecule has 0 fully saturated rings. The smallest absolute Gasteiger partial charge is 0.309 e. The molecule has 19 heavy (non-hydrogen) atoms. The maximum Gasteiger partial charge on any atom is 0.309 e. The number of hydrogen-bond donors (Lipinski definition) is 2. The summed E-state index contributed by atoms with van der Waals surface area (Å²) in [7, 11) is 0. The van der Waals surface area contributed by atoms with Gasteiger partial charge in [0, 0.05) is 12.5 Å². The highest BCUT2D eigenvalue weighted by Crippen LogP contribution is 2.20. The second kappa shape index (κ2) is 6.36. The van der Waals surface area contributed by atoms with E-state index in [2.05, 4.69) is 5.32 Å². The molecule has 1 unspecified atom stereocenters. The molecule has 0 aliphatic rings. The van der Waals surface area contributed by atoms with Crippen molar-refractivity contribution in [3.05, 3.63) is 35.9 Å². The number of rotatable bonds is 6. The Balaban J connectivity index is 2.47. The van der Waals surface area contributed by atoms with E-state index in [1.165, 1.54) is 0 Å². The van der Waals surface area contributed by atoms with Gasteiger partial charge in [-0.3, -0.25) is 9.59 Å². The first-order chi connectivity index (χ1) is 8.81. The van der Waals surface area contributed by atoms with Gasteiger partial charge in [-0.25, -0.2) is 0 Å². The van der Waals surface area contributed by atoms with E-state index in [4.69, 9.17) is 5.11 Å². The lowest BCUT2D eigenvalue weighted by molar-refractivity contribution is -0.149. The summed E-state index contributed by atoms with van der Waals surface area (Å²) in [5.41, 5.74) is 0.115. The van der Waals surface area contributed by atoms with Crippen LogP contribution in [-0.2, 0) is 16.0 Å². The van der Waals surface area contributed by atoms with Gasteiger partial charge in [0.1, 0.15) is 0 Å². The second-order valence-corrected chi connectivity index (χ2v) is 5.52. The van der Waals surface area contributed by atoms with Crippen LogP contribution in [0.4, 0.5) is 0 Å². The van der Waals surface area contributed by atoms with E-state index >= 15 is 0 Å². The summed E-state index contributed by atoms with van der Waals surface area (Å²) in [5, 5.41) is 11.8.